The van der Waals surface area contributed by atoms with Crippen molar-refractivity contribution in [3.63, 3.8) is 0 Å². The monoisotopic (exact) mass is 257 g/mol. The van der Waals surface area contributed by atoms with Gasteiger partial charge in [0.05, 0.1) is 0 Å². The van der Waals surface area contributed by atoms with Crippen molar-refractivity contribution in [1.82, 2.24) is 0 Å². The molecule has 0 spiro atoms. The third-order valence-electron chi connectivity index (χ3n) is 2.88. The maximum absolute atomic E-state index is 13.3. The van der Waals surface area contributed by atoms with Gasteiger partial charge in [-0.25, -0.2) is 4.39 Å². The molecular formula is C14H21ClFN. The van der Waals surface area contributed by atoms with Gasteiger partial charge in [-0.15, -0.1) is 0 Å². The number of hydrogen-bond donors (Lipinski definition) is 1. The molecule has 0 saturated carbocycles. The molecular weight excluding hydrogens is 237 g/mol. The summed E-state index contributed by atoms with van der Waals surface area (Å²) in [6.45, 7) is 8.26. The van der Waals surface area contributed by atoms with Crippen molar-refractivity contribution in [1.29, 1.82) is 0 Å². The summed E-state index contributed by atoms with van der Waals surface area (Å²) in [5.74, 6) is -0.276. The van der Waals surface area contributed by atoms with Gasteiger partial charge in [-0.3, -0.25) is 0 Å². The van der Waals surface area contributed by atoms with Crippen LogP contribution in [0.2, 0.25) is 5.02 Å². The Hall–Kier alpha value is -0.600. The molecule has 1 aromatic carbocycles. The Kier molecular flexibility index (Phi) is 4.56. The lowest BCUT2D eigenvalue weighted by Crippen LogP contribution is -2.15. The molecule has 3 heteroatoms. The van der Waals surface area contributed by atoms with E-state index in [0.717, 1.165) is 18.4 Å². The highest BCUT2D eigenvalue weighted by Gasteiger charge is 2.17. The number of aryl methyl sites for hydroxylation is 1. The summed E-state index contributed by atoms with van der Waals surface area (Å²) in [7, 11) is 0. The van der Waals surface area contributed by atoms with Crippen molar-refractivity contribution in [3.05, 3.63) is 34.1 Å². The van der Waals surface area contributed by atoms with E-state index in [2.05, 4.69) is 20.8 Å². The molecule has 1 aromatic rings. The summed E-state index contributed by atoms with van der Waals surface area (Å²) < 4.78 is 13.3. The second-order valence-corrected chi connectivity index (χ2v) is 6.24. The summed E-state index contributed by atoms with van der Waals surface area (Å²) in [6.07, 6.45) is 1.87. The third-order valence-corrected chi connectivity index (χ3v) is 3.21. The van der Waals surface area contributed by atoms with Crippen molar-refractivity contribution >= 4 is 11.6 Å². The van der Waals surface area contributed by atoms with Crippen LogP contribution in [0.4, 0.5) is 4.39 Å². The Bertz CT molecular complexity index is 396. The van der Waals surface area contributed by atoms with Crippen molar-refractivity contribution in [3.8, 4) is 0 Å². The van der Waals surface area contributed by atoms with Gasteiger partial charge in [-0.2, -0.15) is 0 Å². The number of hydrogen-bond acceptors (Lipinski definition) is 1. The van der Waals surface area contributed by atoms with Gasteiger partial charge >= 0.3 is 0 Å². The molecule has 0 heterocycles. The van der Waals surface area contributed by atoms with Gasteiger partial charge < -0.3 is 5.73 Å². The van der Waals surface area contributed by atoms with Crippen molar-refractivity contribution < 1.29 is 4.39 Å². The van der Waals surface area contributed by atoms with Crippen LogP contribution in [0.5, 0.6) is 0 Å². The molecule has 1 rings (SSSR count). The second kappa shape index (κ2) is 5.36. The molecule has 0 fully saturated rings. The van der Waals surface area contributed by atoms with Crippen molar-refractivity contribution in [2.45, 2.75) is 46.6 Å². The molecule has 0 saturated heterocycles. The predicted molar refractivity (Wildman–Crippen MR) is 71.8 cm³/mol. The largest absolute Gasteiger partial charge is 0.324 e. The van der Waals surface area contributed by atoms with Crippen molar-refractivity contribution in [2.75, 3.05) is 0 Å². The third kappa shape index (κ3) is 4.29. The quantitative estimate of drug-likeness (QED) is 0.841. The lowest BCUT2D eigenvalue weighted by atomic mass is 9.87. The van der Waals surface area contributed by atoms with Crippen LogP contribution in [-0.4, -0.2) is 0 Å². The lowest BCUT2D eigenvalue weighted by molar-refractivity contribution is 0.349. The first kappa shape index (κ1) is 14.5. The molecule has 1 atom stereocenters. The minimum atomic E-state index is -0.276. The topological polar surface area (TPSA) is 26.0 Å². The molecule has 17 heavy (non-hydrogen) atoms. The van der Waals surface area contributed by atoms with Gasteiger partial charge in [0, 0.05) is 11.1 Å². The summed E-state index contributed by atoms with van der Waals surface area (Å²) in [6, 6.07) is 2.98. The molecule has 1 nitrogen and oxygen atoms in total. The van der Waals surface area contributed by atoms with E-state index in [4.69, 9.17) is 17.3 Å². The molecule has 0 aliphatic rings. The zero-order valence-corrected chi connectivity index (χ0v) is 11.7. The zero-order valence-electron chi connectivity index (χ0n) is 11.0. The average molecular weight is 258 g/mol. The summed E-state index contributed by atoms with van der Waals surface area (Å²) in [5.41, 5.74) is 7.80. The van der Waals surface area contributed by atoms with Crippen LogP contribution in [0.15, 0.2) is 12.1 Å². The maximum Gasteiger partial charge on any atom is 0.127 e. The standard InChI is InChI=1S/C14H21ClFN/c1-9-7-10(11(15)8-12(9)16)13(17)5-6-14(2,3)4/h7-8,13H,5-6,17H2,1-4H3. The van der Waals surface area contributed by atoms with Crippen LogP contribution in [0.3, 0.4) is 0 Å². The van der Waals surface area contributed by atoms with E-state index in [-0.39, 0.29) is 17.3 Å². The molecule has 0 aliphatic carbocycles. The lowest BCUT2D eigenvalue weighted by Gasteiger charge is -2.22. The fraction of sp³-hybridized carbons (Fsp3) is 0.571. The molecule has 2 N–H and O–H groups in total. The Balaban J connectivity index is 2.82. The number of halogens is 2. The molecule has 0 aliphatic heterocycles. The Morgan fingerprint density at radius 1 is 1.35 bits per heavy atom. The van der Waals surface area contributed by atoms with Crippen LogP contribution in [0.1, 0.15) is 50.8 Å². The second-order valence-electron chi connectivity index (χ2n) is 5.83. The average Bonchev–Trinajstić information content (AvgIpc) is 2.19. The minimum absolute atomic E-state index is 0.124. The van der Waals surface area contributed by atoms with E-state index in [9.17, 15) is 4.39 Å². The Morgan fingerprint density at radius 2 is 1.94 bits per heavy atom. The van der Waals surface area contributed by atoms with Gasteiger partial charge in [-0.1, -0.05) is 38.4 Å². The van der Waals surface area contributed by atoms with E-state index in [1.54, 1.807) is 13.0 Å². The van der Waals surface area contributed by atoms with Gasteiger partial charge in [-0.05, 0) is 42.4 Å². The van der Waals surface area contributed by atoms with E-state index < -0.39 is 0 Å². The van der Waals surface area contributed by atoms with Crippen LogP contribution >= 0.6 is 11.6 Å². The SMILES string of the molecule is Cc1cc(C(N)CCC(C)(C)C)c(Cl)cc1F. The molecule has 96 valence electrons. The molecule has 1 unspecified atom stereocenters. The first-order chi connectivity index (χ1) is 7.70. The molecule has 0 bridgehead atoms. The number of benzene rings is 1. The predicted octanol–water partition coefficient (Wildman–Crippen LogP) is 4.61. The highest BCUT2D eigenvalue weighted by Crippen LogP contribution is 2.30. The van der Waals surface area contributed by atoms with Gasteiger partial charge in [0.25, 0.3) is 0 Å². The first-order valence-electron chi connectivity index (χ1n) is 5.92. The van der Waals surface area contributed by atoms with Crippen LogP contribution in [0.25, 0.3) is 0 Å². The maximum atomic E-state index is 13.3. The van der Waals surface area contributed by atoms with Crippen molar-refractivity contribution in [2.24, 2.45) is 11.1 Å². The molecule has 0 amide bonds. The first-order valence-corrected chi connectivity index (χ1v) is 6.29. The minimum Gasteiger partial charge on any atom is -0.324 e. The summed E-state index contributed by atoms with van der Waals surface area (Å²) >= 11 is 6.03. The fourth-order valence-electron chi connectivity index (χ4n) is 1.71. The highest BCUT2D eigenvalue weighted by atomic mass is 35.5. The fourth-order valence-corrected chi connectivity index (χ4v) is 2.00. The normalized spacial score (nSPS) is 13.8. The highest BCUT2D eigenvalue weighted by molar-refractivity contribution is 6.31. The van der Waals surface area contributed by atoms with E-state index >= 15 is 0 Å². The van der Waals surface area contributed by atoms with E-state index in [1.165, 1.54) is 6.07 Å². The summed E-state index contributed by atoms with van der Waals surface area (Å²) in [4.78, 5) is 0. The zero-order chi connectivity index (χ0) is 13.2. The molecule has 0 radical (unpaired) electrons. The Labute approximate surface area is 108 Å². The van der Waals surface area contributed by atoms with E-state index in [0.29, 0.717) is 10.6 Å². The number of rotatable bonds is 3. The van der Waals surface area contributed by atoms with Gasteiger partial charge in [0.2, 0.25) is 0 Å². The van der Waals surface area contributed by atoms with Gasteiger partial charge in [0.15, 0.2) is 0 Å². The smallest absolute Gasteiger partial charge is 0.127 e. The van der Waals surface area contributed by atoms with Gasteiger partial charge in [0.1, 0.15) is 5.82 Å². The molecule has 0 aromatic heterocycles. The van der Waals surface area contributed by atoms with Crippen LogP contribution in [0, 0.1) is 18.2 Å². The van der Waals surface area contributed by atoms with E-state index in [1.807, 2.05) is 0 Å². The van der Waals surface area contributed by atoms with Crippen LogP contribution in [-0.2, 0) is 0 Å². The Morgan fingerprint density at radius 3 is 2.47 bits per heavy atom. The number of nitrogens with two attached hydrogens (primary N) is 1. The summed E-state index contributed by atoms with van der Waals surface area (Å²) in [5, 5.41) is 0.425. The van der Waals surface area contributed by atoms with Crippen LogP contribution < -0.4 is 5.73 Å².